The van der Waals surface area contributed by atoms with E-state index in [1.807, 2.05) is 0 Å². The van der Waals surface area contributed by atoms with Crippen molar-refractivity contribution in [3.8, 4) is 0 Å². The van der Waals surface area contributed by atoms with E-state index in [0.717, 1.165) is 38.5 Å². The van der Waals surface area contributed by atoms with Crippen LogP contribution in [0, 0.1) is 24.7 Å². The lowest BCUT2D eigenvalue weighted by molar-refractivity contribution is -0.123. The molecule has 36 heavy (non-hydrogen) atoms. The van der Waals surface area contributed by atoms with Gasteiger partial charge < -0.3 is 24.6 Å². The van der Waals surface area contributed by atoms with Crippen LogP contribution in [0.3, 0.4) is 0 Å². The van der Waals surface area contributed by atoms with E-state index in [4.69, 9.17) is 14.2 Å². The number of allylic oxidation sites excluding steroid dienone is 3. The summed E-state index contributed by atoms with van der Waals surface area (Å²) in [6, 6.07) is 0. The highest BCUT2D eigenvalue weighted by Gasteiger charge is 2.56. The molecular formula is C30H52NO5. The van der Waals surface area contributed by atoms with Crippen LogP contribution in [0.2, 0.25) is 0 Å². The van der Waals surface area contributed by atoms with E-state index in [0.29, 0.717) is 24.8 Å². The minimum atomic E-state index is -0.521. The van der Waals surface area contributed by atoms with Gasteiger partial charge in [0.1, 0.15) is 0 Å². The number of aliphatic hydroxyl groups is 1. The maximum Gasteiger partial charge on any atom is 0.220 e. The van der Waals surface area contributed by atoms with Gasteiger partial charge in [-0.1, -0.05) is 58.8 Å². The first-order chi connectivity index (χ1) is 17.0. The number of epoxide rings is 1. The molecule has 0 aromatic heterocycles. The number of hydrogen-bond donors (Lipinski definition) is 2. The van der Waals surface area contributed by atoms with Crippen LogP contribution in [0.15, 0.2) is 23.8 Å². The molecule has 0 saturated carbocycles. The standard InChI is InChI=1S/C30H52NO5/c1-9-10-11-15-26(33)31-19-25-17-16-22(4)27(35-25)21(3)14-12-13-20(2)18-30(7)29(36-30)23(5)28(34-8)24(6)32/h12-14,20,22-25,27-29,32H,1,9-11,15-19H2,2-8H3,(H,31,33)/b13-12+,21-14+/t20-,22+,23-,24-,25-,27-,28-,29-,30-/m1/s1. The highest BCUT2D eigenvalue weighted by atomic mass is 16.6. The molecule has 1 amide bonds. The summed E-state index contributed by atoms with van der Waals surface area (Å²) in [5.74, 6) is 1.06. The van der Waals surface area contributed by atoms with Crippen molar-refractivity contribution < 1.29 is 24.1 Å². The van der Waals surface area contributed by atoms with Crippen LogP contribution >= 0.6 is 0 Å². The molecule has 2 N–H and O–H groups in total. The van der Waals surface area contributed by atoms with Gasteiger partial charge in [-0.2, -0.15) is 0 Å². The van der Waals surface area contributed by atoms with Crippen molar-refractivity contribution in [2.45, 2.75) is 123 Å². The third-order valence-corrected chi connectivity index (χ3v) is 7.89. The lowest BCUT2D eigenvalue weighted by Crippen LogP contribution is -2.41. The summed E-state index contributed by atoms with van der Waals surface area (Å²) >= 11 is 0. The molecule has 207 valence electrons. The average molecular weight is 507 g/mol. The average Bonchev–Trinajstić information content (AvgIpc) is 3.49. The molecule has 6 heteroatoms. The van der Waals surface area contributed by atoms with Crippen molar-refractivity contribution >= 4 is 5.91 Å². The Hall–Kier alpha value is -1.21. The Kier molecular flexibility index (Phi) is 12.6. The van der Waals surface area contributed by atoms with Crippen molar-refractivity contribution in [2.24, 2.45) is 17.8 Å². The van der Waals surface area contributed by atoms with Crippen LogP contribution in [-0.4, -0.2) is 60.8 Å². The molecule has 2 rings (SSSR count). The Labute approximate surface area is 220 Å². The quantitative estimate of drug-likeness (QED) is 0.177. The first-order valence-corrected chi connectivity index (χ1v) is 14.0. The number of amides is 1. The molecule has 9 atom stereocenters. The third kappa shape index (κ3) is 9.27. The zero-order valence-corrected chi connectivity index (χ0v) is 23.8. The van der Waals surface area contributed by atoms with Gasteiger partial charge in [-0.15, -0.1) is 0 Å². The summed E-state index contributed by atoms with van der Waals surface area (Å²) in [6.07, 6.45) is 12.4. The van der Waals surface area contributed by atoms with Crippen molar-refractivity contribution in [1.82, 2.24) is 5.32 Å². The van der Waals surface area contributed by atoms with Gasteiger partial charge >= 0.3 is 0 Å². The molecule has 0 spiro atoms. The van der Waals surface area contributed by atoms with Crippen LogP contribution < -0.4 is 5.32 Å². The van der Waals surface area contributed by atoms with Crippen molar-refractivity contribution in [2.75, 3.05) is 13.7 Å². The Balaban J connectivity index is 1.83. The molecule has 2 fully saturated rings. The highest BCUT2D eigenvalue weighted by molar-refractivity contribution is 5.75. The molecule has 0 bridgehead atoms. The van der Waals surface area contributed by atoms with E-state index in [1.54, 1.807) is 14.0 Å². The Morgan fingerprint density at radius 3 is 2.64 bits per heavy atom. The van der Waals surface area contributed by atoms with E-state index in [9.17, 15) is 9.90 Å². The zero-order valence-electron chi connectivity index (χ0n) is 23.8. The van der Waals surface area contributed by atoms with Crippen LogP contribution in [0.25, 0.3) is 0 Å². The second-order valence-electron chi connectivity index (χ2n) is 11.5. The van der Waals surface area contributed by atoms with Crippen LogP contribution in [-0.2, 0) is 19.0 Å². The fourth-order valence-electron chi connectivity index (χ4n) is 5.80. The van der Waals surface area contributed by atoms with E-state index >= 15 is 0 Å². The maximum atomic E-state index is 12.1. The molecule has 2 aliphatic heterocycles. The molecule has 0 unspecified atom stereocenters. The van der Waals surface area contributed by atoms with Crippen molar-refractivity contribution in [1.29, 1.82) is 0 Å². The number of methoxy groups -OCH3 is 1. The number of carbonyl (C=O) groups excluding carboxylic acids is 1. The molecule has 6 nitrogen and oxygen atoms in total. The van der Waals surface area contributed by atoms with Gasteiger partial charge in [0.2, 0.25) is 5.91 Å². The van der Waals surface area contributed by atoms with Crippen LogP contribution in [0.4, 0.5) is 0 Å². The molecular weight excluding hydrogens is 454 g/mol. The van der Waals surface area contributed by atoms with Gasteiger partial charge in [0.05, 0.1) is 36.1 Å². The van der Waals surface area contributed by atoms with Gasteiger partial charge in [0.15, 0.2) is 0 Å². The van der Waals surface area contributed by atoms with E-state index in [1.165, 1.54) is 5.57 Å². The molecule has 2 saturated heterocycles. The Bertz CT molecular complexity index is 735. The minimum absolute atomic E-state index is 0.0673. The van der Waals surface area contributed by atoms with Gasteiger partial charge in [0.25, 0.3) is 0 Å². The second-order valence-corrected chi connectivity index (χ2v) is 11.5. The zero-order chi connectivity index (χ0) is 26.9. The van der Waals surface area contributed by atoms with Crippen LogP contribution in [0.5, 0.6) is 0 Å². The largest absolute Gasteiger partial charge is 0.391 e. The van der Waals surface area contributed by atoms with Crippen molar-refractivity contribution in [3.05, 3.63) is 30.7 Å². The number of carbonyl (C=O) groups is 1. The fourth-order valence-corrected chi connectivity index (χ4v) is 5.80. The maximum absolute atomic E-state index is 12.1. The summed E-state index contributed by atoms with van der Waals surface area (Å²) < 4.78 is 18.0. The number of aliphatic hydroxyl groups excluding tert-OH is 1. The summed E-state index contributed by atoms with van der Waals surface area (Å²) in [6.45, 7) is 17.0. The summed E-state index contributed by atoms with van der Waals surface area (Å²) in [5.41, 5.74) is 1.04. The lowest BCUT2D eigenvalue weighted by Gasteiger charge is -2.35. The van der Waals surface area contributed by atoms with E-state index in [2.05, 4.69) is 65.1 Å². The number of unbranched alkanes of at least 4 members (excludes halogenated alkanes) is 2. The first-order valence-electron chi connectivity index (χ1n) is 14.0. The Morgan fingerprint density at radius 1 is 1.28 bits per heavy atom. The fraction of sp³-hybridized carbons (Fsp3) is 0.800. The van der Waals surface area contributed by atoms with Gasteiger partial charge in [-0.25, -0.2) is 0 Å². The van der Waals surface area contributed by atoms with E-state index < -0.39 is 6.10 Å². The van der Waals surface area contributed by atoms with Crippen molar-refractivity contribution in [3.63, 3.8) is 0 Å². The minimum Gasteiger partial charge on any atom is -0.391 e. The number of hydrogen-bond acceptors (Lipinski definition) is 5. The number of rotatable bonds is 15. The van der Waals surface area contributed by atoms with Gasteiger partial charge in [-0.05, 0) is 63.9 Å². The van der Waals surface area contributed by atoms with Gasteiger partial charge in [0, 0.05) is 26.0 Å². The normalized spacial score (nSPS) is 32.2. The topological polar surface area (TPSA) is 80.3 Å². The highest BCUT2D eigenvalue weighted by Crippen LogP contribution is 2.47. The van der Waals surface area contributed by atoms with Crippen LogP contribution in [0.1, 0.15) is 86.5 Å². The summed E-state index contributed by atoms with van der Waals surface area (Å²) in [4.78, 5) is 12.1. The molecule has 0 aromatic carbocycles. The van der Waals surface area contributed by atoms with Gasteiger partial charge in [-0.3, -0.25) is 4.79 Å². The molecule has 0 aromatic rings. The molecule has 2 heterocycles. The number of ether oxygens (including phenoxy) is 3. The molecule has 2 aliphatic rings. The van der Waals surface area contributed by atoms with E-state index in [-0.39, 0.29) is 41.8 Å². The Morgan fingerprint density at radius 2 is 2.00 bits per heavy atom. The SMILES string of the molecule is [CH2]CCCCC(=O)NC[C@H]1CC[C@H](C)[C@@H](/C(C)=C/C=C/[C@@H](C)C[C@@]2(C)O[C@@H]2[C@H](C)[C@@H](OC)[C@@H](C)O)O1. The third-order valence-electron chi connectivity index (χ3n) is 7.89. The molecule has 0 aliphatic carbocycles. The monoisotopic (exact) mass is 506 g/mol. The second kappa shape index (κ2) is 14.7. The summed E-state index contributed by atoms with van der Waals surface area (Å²) in [7, 11) is 1.65. The lowest BCUT2D eigenvalue weighted by atomic mass is 9.85. The molecule has 1 radical (unpaired) electrons. The number of nitrogens with one attached hydrogen (secondary N) is 1. The predicted molar refractivity (Wildman–Crippen MR) is 145 cm³/mol. The smallest absolute Gasteiger partial charge is 0.220 e. The predicted octanol–water partition coefficient (Wildman–Crippen LogP) is 5.40. The first kappa shape index (κ1) is 31.0. The summed E-state index contributed by atoms with van der Waals surface area (Å²) in [5, 5.41) is 13.0.